The molecule has 0 bridgehead atoms. The van der Waals surface area contributed by atoms with Crippen molar-refractivity contribution < 1.29 is 14.2 Å². The molecule has 0 aromatic rings. The maximum absolute atomic E-state index is 5.72. The summed E-state index contributed by atoms with van der Waals surface area (Å²) in [4.78, 5) is 0. The van der Waals surface area contributed by atoms with Crippen molar-refractivity contribution in [2.45, 2.75) is 95.4 Å². The van der Waals surface area contributed by atoms with Crippen LogP contribution in [0.2, 0.25) is 0 Å². The van der Waals surface area contributed by atoms with Gasteiger partial charge in [-0.2, -0.15) is 0 Å². The number of ether oxygens (including phenoxy) is 3. The molecule has 0 saturated heterocycles. The first kappa shape index (κ1) is 20.7. The highest BCUT2D eigenvalue weighted by molar-refractivity contribution is 4.73. The highest BCUT2D eigenvalue weighted by Gasteiger charge is 2.17. The molecule has 1 fully saturated rings. The molecule has 3 heteroatoms. The van der Waals surface area contributed by atoms with E-state index in [1.54, 1.807) is 18.8 Å². The first-order valence-corrected chi connectivity index (χ1v) is 9.59. The highest BCUT2D eigenvalue weighted by Crippen LogP contribution is 2.22. The van der Waals surface area contributed by atoms with Gasteiger partial charge in [0.1, 0.15) is 0 Å². The van der Waals surface area contributed by atoms with Crippen LogP contribution < -0.4 is 0 Å². The molecule has 0 radical (unpaired) electrons. The molecule has 2 unspecified atom stereocenters. The van der Waals surface area contributed by atoms with Gasteiger partial charge in [0.05, 0.1) is 37.1 Å². The van der Waals surface area contributed by atoms with Gasteiger partial charge in [-0.3, -0.25) is 0 Å². The summed E-state index contributed by atoms with van der Waals surface area (Å²) in [5, 5.41) is 0. The van der Waals surface area contributed by atoms with E-state index in [0.29, 0.717) is 0 Å². The Morgan fingerprint density at radius 3 is 1.08 bits per heavy atom. The second kappa shape index (κ2) is 14.0. The van der Waals surface area contributed by atoms with Crippen LogP contribution in [0.15, 0.2) is 38.5 Å². The van der Waals surface area contributed by atoms with Crippen LogP contribution in [-0.2, 0) is 14.2 Å². The molecule has 0 heterocycles. The summed E-state index contributed by atoms with van der Waals surface area (Å²) in [6, 6.07) is 0. The Morgan fingerprint density at radius 1 is 0.458 bits per heavy atom. The second-order valence-electron chi connectivity index (χ2n) is 6.63. The first-order chi connectivity index (χ1) is 11.8. The molecule has 1 saturated carbocycles. The van der Waals surface area contributed by atoms with Gasteiger partial charge in [0.15, 0.2) is 0 Å². The van der Waals surface area contributed by atoms with Crippen LogP contribution in [0.5, 0.6) is 0 Å². The average Bonchev–Trinajstić information content (AvgIpc) is 2.58. The van der Waals surface area contributed by atoms with E-state index in [4.69, 9.17) is 14.2 Å². The normalized spacial score (nSPS) is 27.8. The standard InChI is InChI=1S/C21H36O3/c1-4-22-19-13-11-9-7-8-10-12-14-20(23-5-2)16-18-21(17-15-19)24-6-3/h4-6,19-21H,1-3,7-18H2. The van der Waals surface area contributed by atoms with Crippen molar-refractivity contribution in [3.8, 4) is 0 Å². The van der Waals surface area contributed by atoms with Gasteiger partial charge in [0, 0.05) is 0 Å². The Morgan fingerprint density at radius 2 is 0.750 bits per heavy atom. The molecule has 1 aliphatic rings. The lowest BCUT2D eigenvalue weighted by Crippen LogP contribution is -2.19. The molecule has 0 N–H and O–H groups in total. The summed E-state index contributed by atoms with van der Waals surface area (Å²) in [5.41, 5.74) is 0. The molecule has 3 nitrogen and oxygen atoms in total. The fourth-order valence-corrected chi connectivity index (χ4v) is 3.44. The largest absolute Gasteiger partial charge is 0.499 e. The molecule has 2 atom stereocenters. The molecule has 1 rings (SSSR count). The number of rotatable bonds is 6. The van der Waals surface area contributed by atoms with E-state index < -0.39 is 0 Å². The SMILES string of the molecule is C=COC1CCCCCCCCC(OC=C)CCC(OC=C)CC1. The summed E-state index contributed by atoms with van der Waals surface area (Å²) in [7, 11) is 0. The van der Waals surface area contributed by atoms with Gasteiger partial charge in [-0.25, -0.2) is 0 Å². The maximum Gasteiger partial charge on any atom is 0.0980 e. The topological polar surface area (TPSA) is 27.7 Å². The molecule has 0 amide bonds. The Hall–Kier alpha value is -1.38. The van der Waals surface area contributed by atoms with Gasteiger partial charge in [0.25, 0.3) is 0 Å². The Balaban J connectivity index is 2.60. The monoisotopic (exact) mass is 336 g/mol. The third kappa shape index (κ3) is 9.69. The highest BCUT2D eigenvalue weighted by atomic mass is 16.5. The predicted octanol–water partition coefficient (Wildman–Crippen LogP) is 6.27. The zero-order chi connectivity index (χ0) is 17.5. The molecular formula is C21H36O3. The van der Waals surface area contributed by atoms with E-state index in [1.807, 2.05) is 0 Å². The van der Waals surface area contributed by atoms with E-state index in [2.05, 4.69) is 19.7 Å². The number of hydrogen-bond donors (Lipinski definition) is 0. The fraction of sp³-hybridized carbons (Fsp3) is 0.714. The minimum Gasteiger partial charge on any atom is -0.499 e. The van der Waals surface area contributed by atoms with Crippen molar-refractivity contribution in [2.75, 3.05) is 0 Å². The van der Waals surface area contributed by atoms with Gasteiger partial charge in [-0.05, 0) is 51.4 Å². The summed E-state index contributed by atoms with van der Waals surface area (Å²) >= 11 is 0. The van der Waals surface area contributed by atoms with Crippen molar-refractivity contribution in [1.29, 1.82) is 0 Å². The minimum atomic E-state index is 0.180. The molecule has 0 aromatic carbocycles. The smallest absolute Gasteiger partial charge is 0.0980 e. The van der Waals surface area contributed by atoms with Crippen LogP contribution in [0.25, 0.3) is 0 Å². The summed E-state index contributed by atoms with van der Waals surface area (Å²) in [5.74, 6) is 0. The average molecular weight is 337 g/mol. The molecular weight excluding hydrogens is 300 g/mol. The molecule has 0 aliphatic heterocycles. The van der Waals surface area contributed by atoms with Crippen LogP contribution >= 0.6 is 0 Å². The van der Waals surface area contributed by atoms with E-state index in [-0.39, 0.29) is 18.3 Å². The van der Waals surface area contributed by atoms with Gasteiger partial charge in [-0.15, -0.1) is 0 Å². The van der Waals surface area contributed by atoms with Crippen LogP contribution in [0, 0.1) is 0 Å². The van der Waals surface area contributed by atoms with Crippen molar-refractivity contribution >= 4 is 0 Å². The second-order valence-corrected chi connectivity index (χ2v) is 6.63. The third-order valence-electron chi connectivity index (χ3n) is 4.79. The van der Waals surface area contributed by atoms with Crippen molar-refractivity contribution in [3.05, 3.63) is 38.5 Å². The molecule has 24 heavy (non-hydrogen) atoms. The van der Waals surface area contributed by atoms with E-state index in [1.165, 1.54) is 38.5 Å². The van der Waals surface area contributed by atoms with Gasteiger partial charge in [-0.1, -0.05) is 45.4 Å². The minimum absolute atomic E-state index is 0.180. The fourth-order valence-electron chi connectivity index (χ4n) is 3.44. The van der Waals surface area contributed by atoms with Crippen LogP contribution in [0.3, 0.4) is 0 Å². The van der Waals surface area contributed by atoms with Crippen LogP contribution in [0.4, 0.5) is 0 Å². The van der Waals surface area contributed by atoms with Crippen LogP contribution in [0.1, 0.15) is 77.0 Å². The molecule has 0 spiro atoms. The lowest BCUT2D eigenvalue weighted by atomic mass is 10.00. The molecule has 138 valence electrons. The molecule has 0 aromatic heterocycles. The van der Waals surface area contributed by atoms with E-state index in [9.17, 15) is 0 Å². The van der Waals surface area contributed by atoms with Gasteiger partial charge < -0.3 is 14.2 Å². The lowest BCUT2D eigenvalue weighted by molar-refractivity contribution is 0.0626. The van der Waals surface area contributed by atoms with Crippen molar-refractivity contribution in [3.63, 3.8) is 0 Å². The van der Waals surface area contributed by atoms with Crippen molar-refractivity contribution in [2.24, 2.45) is 0 Å². The Bertz CT molecular complexity index is 312. The third-order valence-corrected chi connectivity index (χ3v) is 4.79. The van der Waals surface area contributed by atoms with Gasteiger partial charge >= 0.3 is 0 Å². The first-order valence-electron chi connectivity index (χ1n) is 9.59. The predicted molar refractivity (Wildman–Crippen MR) is 101 cm³/mol. The Labute approximate surface area is 148 Å². The summed E-state index contributed by atoms with van der Waals surface area (Å²) in [6.45, 7) is 11.1. The van der Waals surface area contributed by atoms with Gasteiger partial charge in [0.2, 0.25) is 0 Å². The summed E-state index contributed by atoms with van der Waals surface area (Å²) in [6.07, 6.45) is 19.2. The maximum atomic E-state index is 5.72. The molecule has 1 aliphatic carbocycles. The van der Waals surface area contributed by atoms with E-state index >= 15 is 0 Å². The quantitative estimate of drug-likeness (QED) is 0.535. The van der Waals surface area contributed by atoms with E-state index in [0.717, 1.165) is 38.5 Å². The Kier molecular flexibility index (Phi) is 12.1. The number of hydrogen-bond acceptors (Lipinski definition) is 3. The van der Waals surface area contributed by atoms with Crippen molar-refractivity contribution in [1.82, 2.24) is 0 Å². The summed E-state index contributed by atoms with van der Waals surface area (Å²) < 4.78 is 17.1. The lowest BCUT2D eigenvalue weighted by Gasteiger charge is -2.23. The zero-order valence-electron chi connectivity index (χ0n) is 15.3. The zero-order valence-corrected chi connectivity index (χ0v) is 15.3. The van der Waals surface area contributed by atoms with Crippen LogP contribution in [-0.4, -0.2) is 18.3 Å².